The second-order valence-electron chi connectivity index (χ2n) is 4.33. The van der Waals surface area contributed by atoms with Crippen molar-refractivity contribution in [3.8, 4) is 0 Å². The average molecular weight is 354 g/mol. The van der Waals surface area contributed by atoms with Crippen molar-refractivity contribution in [1.29, 1.82) is 0 Å². The van der Waals surface area contributed by atoms with Gasteiger partial charge in [-0.2, -0.15) is 0 Å². The second-order valence-corrected chi connectivity index (χ2v) is 5.12. The SMILES string of the molecule is Cc1nc(CNC(=O)c2cccc([N+](=O)[O-])c2Br)oc1C. The molecule has 2 rings (SSSR count). The molecule has 0 fully saturated rings. The summed E-state index contributed by atoms with van der Waals surface area (Å²) in [7, 11) is 0. The number of aromatic nitrogens is 1. The lowest BCUT2D eigenvalue weighted by atomic mass is 10.2. The molecule has 0 atom stereocenters. The summed E-state index contributed by atoms with van der Waals surface area (Å²) >= 11 is 3.08. The fourth-order valence-electron chi connectivity index (χ4n) is 1.70. The average Bonchev–Trinajstić information content (AvgIpc) is 2.75. The van der Waals surface area contributed by atoms with Gasteiger partial charge in [-0.1, -0.05) is 6.07 Å². The summed E-state index contributed by atoms with van der Waals surface area (Å²) in [5.41, 5.74) is 0.783. The summed E-state index contributed by atoms with van der Waals surface area (Å²) in [6.45, 7) is 3.70. The molecule has 1 heterocycles. The van der Waals surface area contributed by atoms with E-state index in [9.17, 15) is 14.9 Å². The van der Waals surface area contributed by atoms with E-state index in [0.29, 0.717) is 11.7 Å². The molecule has 0 unspecified atom stereocenters. The van der Waals surface area contributed by atoms with Gasteiger partial charge in [-0.15, -0.1) is 0 Å². The number of hydrogen-bond donors (Lipinski definition) is 1. The molecule has 0 aliphatic heterocycles. The standard InChI is InChI=1S/C13H12BrN3O4/c1-7-8(2)21-11(16-7)6-15-13(18)9-4-3-5-10(12(9)14)17(19)20/h3-5H,6H2,1-2H3,(H,15,18). The van der Waals surface area contributed by atoms with Crippen molar-refractivity contribution in [2.45, 2.75) is 20.4 Å². The largest absolute Gasteiger partial charge is 0.444 e. The van der Waals surface area contributed by atoms with Gasteiger partial charge in [0.2, 0.25) is 5.89 Å². The maximum atomic E-state index is 12.1. The number of carbonyl (C=O) groups is 1. The van der Waals surface area contributed by atoms with Crippen LogP contribution in [-0.2, 0) is 6.54 Å². The maximum absolute atomic E-state index is 12.1. The van der Waals surface area contributed by atoms with Crippen LogP contribution in [0.5, 0.6) is 0 Å². The lowest BCUT2D eigenvalue weighted by Gasteiger charge is -2.05. The second kappa shape index (κ2) is 6.04. The lowest BCUT2D eigenvalue weighted by molar-refractivity contribution is -0.385. The van der Waals surface area contributed by atoms with Crippen LogP contribution in [0.4, 0.5) is 5.69 Å². The molecule has 0 saturated heterocycles. The first-order chi connectivity index (χ1) is 9.90. The normalized spacial score (nSPS) is 10.4. The molecule has 7 nitrogen and oxygen atoms in total. The summed E-state index contributed by atoms with van der Waals surface area (Å²) in [6, 6.07) is 4.28. The Morgan fingerprint density at radius 3 is 2.76 bits per heavy atom. The molecular formula is C13H12BrN3O4. The highest BCUT2D eigenvalue weighted by Gasteiger charge is 2.19. The molecule has 8 heteroatoms. The van der Waals surface area contributed by atoms with E-state index in [2.05, 4.69) is 26.2 Å². The third-order valence-electron chi connectivity index (χ3n) is 2.89. The molecule has 0 radical (unpaired) electrons. The van der Waals surface area contributed by atoms with E-state index in [0.717, 1.165) is 5.69 Å². The van der Waals surface area contributed by atoms with Gasteiger partial charge in [0, 0.05) is 6.07 Å². The van der Waals surface area contributed by atoms with E-state index in [-0.39, 0.29) is 22.3 Å². The van der Waals surface area contributed by atoms with Crippen LogP contribution in [-0.4, -0.2) is 15.8 Å². The first kappa shape index (κ1) is 15.2. The highest BCUT2D eigenvalue weighted by molar-refractivity contribution is 9.10. The minimum atomic E-state index is -0.554. The molecule has 0 aliphatic carbocycles. The number of benzene rings is 1. The lowest BCUT2D eigenvalue weighted by Crippen LogP contribution is -2.23. The molecule has 0 saturated carbocycles. The van der Waals surface area contributed by atoms with Crippen molar-refractivity contribution < 1.29 is 14.1 Å². The Kier molecular flexibility index (Phi) is 4.37. The Balaban J connectivity index is 2.14. The topological polar surface area (TPSA) is 98.3 Å². The third-order valence-corrected chi connectivity index (χ3v) is 3.73. The quantitative estimate of drug-likeness (QED) is 0.672. The van der Waals surface area contributed by atoms with Crippen molar-refractivity contribution in [1.82, 2.24) is 10.3 Å². The van der Waals surface area contributed by atoms with Crippen molar-refractivity contribution in [2.24, 2.45) is 0 Å². The number of hydrogen-bond acceptors (Lipinski definition) is 5. The van der Waals surface area contributed by atoms with E-state index < -0.39 is 10.8 Å². The zero-order valence-corrected chi connectivity index (χ0v) is 12.9. The Hall–Kier alpha value is -2.22. The molecule has 2 aromatic rings. The highest BCUT2D eigenvalue weighted by Crippen LogP contribution is 2.28. The first-order valence-corrected chi connectivity index (χ1v) is 6.83. The molecule has 21 heavy (non-hydrogen) atoms. The number of rotatable bonds is 4. The number of nitrogens with zero attached hydrogens (tertiary/aromatic N) is 2. The molecule has 1 aromatic heterocycles. The number of halogens is 1. The van der Waals surface area contributed by atoms with Crippen LogP contribution in [0.15, 0.2) is 27.1 Å². The van der Waals surface area contributed by atoms with Crippen molar-refractivity contribution >= 4 is 27.5 Å². The molecule has 1 amide bonds. The summed E-state index contributed by atoms with van der Waals surface area (Å²) in [6.07, 6.45) is 0. The summed E-state index contributed by atoms with van der Waals surface area (Å²) in [5.74, 6) is 0.634. The van der Waals surface area contributed by atoms with E-state index in [4.69, 9.17) is 4.42 Å². The number of nitrogens with one attached hydrogen (secondary N) is 1. The monoisotopic (exact) mass is 353 g/mol. The number of nitro groups is 1. The highest BCUT2D eigenvalue weighted by atomic mass is 79.9. The van der Waals surface area contributed by atoms with Crippen LogP contribution in [0.1, 0.15) is 27.7 Å². The van der Waals surface area contributed by atoms with Gasteiger partial charge in [0.25, 0.3) is 11.6 Å². The molecule has 0 aliphatic rings. The number of carbonyl (C=O) groups excluding carboxylic acids is 1. The molecule has 110 valence electrons. The van der Waals surface area contributed by atoms with Crippen LogP contribution < -0.4 is 5.32 Å². The van der Waals surface area contributed by atoms with Crippen LogP contribution in [0.3, 0.4) is 0 Å². The first-order valence-electron chi connectivity index (χ1n) is 6.04. The van der Waals surface area contributed by atoms with Gasteiger partial charge in [0.1, 0.15) is 10.2 Å². The van der Waals surface area contributed by atoms with Gasteiger partial charge in [-0.25, -0.2) is 4.98 Å². The van der Waals surface area contributed by atoms with Gasteiger partial charge in [-0.05, 0) is 35.8 Å². The van der Waals surface area contributed by atoms with Crippen molar-refractivity contribution in [3.63, 3.8) is 0 Å². The molecule has 0 spiro atoms. The van der Waals surface area contributed by atoms with Crippen LogP contribution in [0, 0.1) is 24.0 Å². The molecule has 0 bridgehead atoms. The maximum Gasteiger partial charge on any atom is 0.284 e. The van der Waals surface area contributed by atoms with Crippen LogP contribution >= 0.6 is 15.9 Å². The number of nitro benzene ring substituents is 1. The number of aryl methyl sites for hydroxylation is 2. The van der Waals surface area contributed by atoms with Gasteiger partial charge in [-0.3, -0.25) is 14.9 Å². The Morgan fingerprint density at radius 1 is 1.48 bits per heavy atom. The summed E-state index contributed by atoms with van der Waals surface area (Å²) in [4.78, 5) is 26.5. The molecule has 1 aromatic carbocycles. The van der Waals surface area contributed by atoms with Gasteiger partial charge in [0.05, 0.1) is 22.7 Å². The Bertz CT molecular complexity index is 692. The molecular weight excluding hydrogens is 342 g/mol. The van der Waals surface area contributed by atoms with Crippen LogP contribution in [0.25, 0.3) is 0 Å². The minimum Gasteiger partial charge on any atom is -0.444 e. The Morgan fingerprint density at radius 2 is 2.19 bits per heavy atom. The van der Waals surface area contributed by atoms with Crippen molar-refractivity contribution in [2.75, 3.05) is 0 Å². The summed E-state index contributed by atoms with van der Waals surface area (Å²) < 4.78 is 5.49. The van der Waals surface area contributed by atoms with E-state index in [1.165, 1.54) is 18.2 Å². The van der Waals surface area contributed by atoms with Gasteiger partial charge < -0.3 is 9.73 Å². The fourth-order valence-corrected chi connectivity index (χ4v) is 2.29. The zero-order valence-electron chi connectivity index (χ0n) is 11.3. The minimum absolute atomic E-state index is 0.114. The smallest absolute Gasteiger partial charge is 0.284 e. The fraction of sp³-hybridized carbons (Fsp3) is 0.231. The van der Waals surface area contributed by atoms with E-state index >= 15 is 0 Å². The van der Waals surface area contributed by atoms with Gasteiger partial charge >= 0.3 is 0 Å². The van der Waals surface area contributed by atoms with Crippen molar-refractivity contribution in [3.05, 3.63) is 55.7 Å². The zero-order chi connectivity index (χ0) is 15.6. The predicted molar refractivity (Wildman–Crippen MR) is 77.9 cm³/mol. The summed E-state index contributed by atoms with van der Waals surface area (Å²) in [5, 5.41) is 13.4. The van der Waals surface area contributed by atoms with E-state index in [1.54, 1.807) is 13.8 Å². The third kappa shape index (κ3) is 3.27. The van der Waals surface area contributed by atoms with Gasteiger partial charge in [0.15, 0.2) is 0 Å². The number of oxazole rings is 1. The number of amides is 1. The molecule has 1 N–H and O–H groups in total. The Labute approximate surface area is 128 Å². The van der Waals surface area contributed by atoms with Crippen LogP contribution in [0.2, 0.25) is 0 Å². The van der Waals surface area contributed by atoms with E-state index in [1.807, 2.05) is 0 Å². The predicted octanol–water partition coefficient (Wildman–Crippen LogP) is 2.89.